The molecule has 0 heterocycles. The minimum absolute atomic E-state index is 0.659. The number of nitrogens with one attached hydrogen (secondary N) is 1. The van der Waals surface area contributed by atoms with Gasteiger partial charge in [0.05, 0.1) is 13.2 Å². The second kappa shape index (κ2) is 8.57. The number of rotatable bonds is 8. The Kier molecular flexibility index (Phi) is 7.23. The molecule has 0 radical (unpaired) electrons. The van der Waals surface area contributed by atoms with Crippen LogP contribution in [0.2, 0.25) is 5.02 Å². The summed E-state index contributed by atoms with van der Waals surface area (Å²) >= 11 is 5.79. The summed E-state index contributed by atoms with van der Waals surface area (Å²) in [7, 11) is 0. The van der Waals surface area contributed by atoms with E-state index in [1.165, 1.54) is 12.8 Å². The standard InChI is InChI=1S/C13H20ClNO/c1-2-3-8-15-9-10-16-11-12-4-6-13(14)7-5-12/h4-7,15H,2-3,8-11H2,1H3. The molecule has 1 rings (SSSR count). The van der Waals surface area contributed by atoms with E-state index in [0.717, 1.165) is 30.3 Å². The van der Waals surface area contributed by atoms with E-state index < -0.39 is 0 Å². The first-order valence-corrected chi connectivity index (χ1v) is 6.23. The molecule has 0 fully saturated rings. The Hall–Kier alpha value is -0.570. The van der Waals surface area contributed by atoms with E-state index in [2.05, 4.69) is 12.2 Å². The van der Waals surface area contributed by atoms with E-state index in [4.69, 9.17) is 16.3 Å². The SMILES string of the molecule is CCCCNCCOCc1ccc(Cl)cc1. The Morgan fingerprint density at radius 1 is 1.19 bits per heavy atom. The van der Waals surface area contributed by atoms with E-state index >= 15 is 0 Å². The highest BCUT2D eigenvalue weighted by Crippen LogP contribution is 2.09. The van der Waals surface area contributed by atoms with Gasteiger partial charge < -0.3 is 10.1 Å². The Bertz CT molecular complexity index is 274. The van der Waals surface area contributed by atoms with Crippen molar-refractivity contribution < 1.29 is 4.74 Å². The van der Waals surface area contributed by atoms with Crippen molar-refractivity contribution in [3.8, 4) is 0 Å². The molecule has 3 heteroatoms. The number of benzene rings is 1. The van der Waals surface area contributed by atoms with Crippen molar-refractivity contribution in [3.05, 3.63) is 34.9 Å². The molecule has 16 heavy (non-hydrogen) atoms. The van der Waals surface area contributed by atoms with Crippen molar-refractivity contribution in [3.63, 3.8) is 0 Å². The quantitative estimate of drug-likeness (QED) is 0.706. The maximum Gasteiger partial charge on any atom is 0.0717 e. The van der Waals surface area contributed by atoms with Crippen LogP contribution in [0.4, 0.5) is 0 Å². The molecule has 90 valence electrons. The fourth-order valence-corrected chi connectivity index (χ4v) is 1.47. The van der Waals surface area contributed by atoms with E-state index in [9.17, 15) is 0 Å². The predicted molar refractivity (Wildman–Crippen MR) is 68.9 cm³/mol. The number of hydrogen-bond acceptors (Lipinski definition) is 2. The van der Waals surface area contributed by atoms with Gasteiger partial charge in [0.1, 0.15) is 0 Å². The van der Waals surface area contributed by atoms with Crippen LogP contribution in [0, 0.1) is 0 Å². The molecule has 0 saturated carbocycles. The molecule has 0 bridgehead atoms. The van der Waals surface area contributed by atoms with Crippen molar-refractivity contribution >= 4 is 11.6 Å². The molecule has 0 aliphatic rings. The highest BCUT2D eigenvalue weighted by Gasteiger charge is 1.93. The summed E-state index contributed by atoms with van der Waals surface area (Å²) < 4.78 is 5.53. The summed E-state index contributed by atoms with van der Waals surface area (Å²) in [6.45, 7) is 5.62. The molecule has 1 aromatic carbocycles. The molecule has 0 aromatic heterocycles. The van der Waals surface area contributed by atoms with Gasteiger partial charge in [-0.25, -0.2) is 0 Å². The predicted octanol–water partition coefficient (Wildman–Crippen LogP) is 3.25. The summed E-state index contributed by atoms with van der Waals surface area (Å²) in [5, 5.41) is 4.10. The molecular formula is C13H20ClNO. The number of hydrogen-bond donors (Lipinski definition) is 1. The van der Waals surface area contributed by atoms with Gasteiger partial charge in [-0.2, -0.15) is 0 Å². The molecule has 0 spiro atoms. The summed E-state index contributed by atoms with van der Waals surface area (Å²) in [6, 6.07) is 7.76. The lowest BCUT2D eigenvalue weighted by atomic mass is 10.2. The highest BCUT2D eigenvalue weighted by atomic mass is 35.5. The summed E-state index contributed by atoms with van der Waals surface area (Å²) in [4.78, 5) is 0. The lowest BCUT2D eigenvalue weighted by molar-refractivity contribution is 0.123. The zero-order chi connectivity index (χ0) is 11.6. The second-order valence-corrected chi connectivity index (χ2v) is 4.22. The number of halogens is 1. The molecule has 0 saturated heterocycles. The average molecular weight is 242 g/mol. The second-order valence-electron chi connectivity index (χ2n) is 3.78. The molecule has 0 unspecified atom stereocenters. The lowest BCUT2D eigenvalue weighted by Crippen LogP contribution is -2.20. The van der Waals surface area contributed by atoms with Crippen LogP contribution in [-0.2, 0) is 11.3 Å². The van der Waals surface area contributed by atoms with E-state index in [0.29, 0.717) is 6.61 Å². The Morgan fingerprint density at radius 3 is 2.62 bits per heavy atom. The maximum absolute atomic E-state index is 5.79. The molecule has 0 atom stereocenters. The molecular weight excluding hydrogens is 222 g/mol. The molecule has 1 aromatic rings. The van der Waals surface area contributed by atoms with E-state index in [-0.39, 0.29) is 0 Å². The summed E-state index contributed by atoms with van der Waals surface area (Å²) in [6.07, 6.45) is 2.47. The zero-order valence-electron chi connectivity index (χ0n) is 9.84. The fourth-order valence-electron chi connectivity index (χ4n) is 1.34. The highest BCUT2D eigenvalue weighted by molar-refractivity contribution is 6.30. The maximum atomic E-state index is 5.79. The monoisotopic (exact) mass is 241 g/mol. The zero-order valence-corrected chi connectivity index (χ0v) is 10.6. The van der Waals surface area contributed by atoms with Gasteiger partial charge in [0.2, 0.25) is 0 Å². The Balaban J connectivity index is 2.01. The van der Waals surface area contributed by atoms with Crippen LogP contribution in [0.25, 0.3) is 0 Å². The summed E-state index contributed by atoms with van der Waals surface area (Å²) in [5.74, 6) is 0. The van der Waals surface area contributed by atoms with Gasteiger partial charge in [0.25, 0.3) is 0 Å². The van der Waals surface area contributed by atoms with Gasteiger partial charge >= 0.3 is 0 Å². The van der Waals surface area contributed by atoms with Crippen LogP contribution < -0.4 is 5.32 Å². The minimum Gasteiger partial charge on any atom is -0.375 e. The first kappa shape index (κ1) is 13.5. The third-order valence-corrected chi connectivity index (χ3v) is 2.56. The lowest BCUT2D eigenvalue weighted by Gasteiger charge is -2.05. The number of unbranched alkanes of at least 4 members (excludes halogenated alkanes) is 1. The van der Waals surface area contributed by atoms with E-state index in [1.807, 2.05) is 24.3 Å². The molecule has 2 nitrogen and oxygen atoms in total. The van der Waals surface area contributed by atoms with Crippen molar-refractivity contribution in [2.75, 3.05) is 19.7 Å². The van der Waals surface area contributed by atoms with Crippen molar-refractivity contribution in [1.82, 2.24) is 5.32 Å². The van der Waals surface area contributed by atoms with Gasteiger partial charge in [0, 0.05) is 11.6 Å². The van der Waals surface area contributed by atoms with Crippen LogP contribution in [0.15, 0.2) is 24.3 Å². The van der Waals surface area contributed by atoms with E-state index in [1.54, 1.807) is 0 Å². The molecule has 0 aliphatic heterocycles. The number of ether oxygens (including phenoxy) is 1. The Morgan fingerprint density at radius 2 is 1.94 bits per heavy atom. The van der Waals surface area contributed by atoms with Crippen LogP contribution >= 0.6 is 11.6 Å². The summed E-state index contributed by atoms with van der Waals surface area (Å²) in [5.41, 5.74) is 1.16. The third-order valence-electron chi connectivity index (χ3n) is 2.31. The van der Waals surface area contributed by atoms with Crippen molar-refractivity contribution in [2.24, 2.45) is 0 Å². The Labute approximate surface area is 103 Å². The van der Waals surface area contributed by atoms with Gasteiger partial charge in [0.15, 0.2) is 0 Å². The molecule has 0 aliphatic carbocycles. The normalized spacial score (nSPS) is 10.6. The van der Waals surface area contributed by atoms with Crippen LogP contribution in [-0.4, -0.2) is 19.7 Å². The van der Waals surface area contributed by atoms with Crippen molar-refractivity contribution in [2.45, 2.75) is 26.4 Å². The van der Waals surface area contributed by atoms with Gasteiger partial charge in [-0.3, -0.25) is 0 Å². The first-order chi connectivity index (χ1) is 7.83. The minimum atomic E-state index is 0.659. The van der Waals surface area contributed by atoms with Gasteiger partial charge in [-0.1, -0.05) is 37.1 Å². The van der Waals surface area contributed by atoms with Crippen LogP contribution in [0.5, 0.6) is 0 Å². The fraction of sp³-hybridized carbons (Fsp3) is 0.538. The third kappa shape index (κ3) is 6.11. The first-order valence-electron chi connectivity index (χ1n) is 5.86. The van der Waals surface area contributed by atoms with Crippen LogP contribution in [0.1, 0.15) is 25.3 Å². The van der Waals surface area contributed by atoms with Gasteiger partial charge in [-0.15, -0.1) is 0 Å². The van der Waals surface area contributed by atoms with Gasteiger partial charge in [-0.05, 0) is 30.7 Å². The molecule has 1 N–H and O–H groups in total. The average Bonchev–Trinajstić information content (AvgIpc) is 2.30. The molecule has 0 amide bonds. The van der Waals surface area contributed by atoms with Crippen molar-refractivity contribution in [1.29, 1.82) is 0 Å². The smallest absolute Gasteiger partial charge is 0.0717 e. The topological polar surface area (TPSA) is 21.3 Å². The van der Waals surface area contributed by atoms with Crippen LogP contribution in [0.3, 0.4) is 0 Å². The largest absolute Gasteiger partial charge is 0.375 e.